The summed E-state index contributed by atoms with van der Waals surface area (Å²) in [7, 11) is 0. The predicted molar refractivity (Wildman–Crippen MR) is 42.9 cm³/mol. The smallest absolute Gasteiger partial charge is 0.283 e. The van der Waals surface area contributed by atoms with Gasteiger partial charge in [-0.1, -0.05) is 15.9 Å². The Morgan fingerprint density at radius 2 is 1.33 bits per heavy atom. The van der Waals surface area contributed by atoms with Crippen LogP contribution in [0.25, 0.3) is 0 Å². The molecular formula is C6H8BrF6NO. The first-order chi connectivity index (χ1) is 6.34. The average molecular weight is 304 g/mol. The monoisotopic (exact) mass is 303 g/mol. The van der Waals surface area contributed by atoms with Crippen LogP contribution in [0.2, 0.25) is 0 Å². The second-order valence-corrected chi connectivity index (χ2v) is 5.37. The molecule has 0 radical (unpaired) electrons. The second kappa shape index (κ2) is 4.46. The van der Waals surface area contributed by atoms with E-state index in [9.17, 15) is 26.3 Å². The van der Waals surface area contributed by atoms with E-state index in [0.717, 1.165) is 0 Å². The van der Waals surface area contributed by atoms with E-state index < -0.39 is 28.6 Å². The van der Waals surface area contributed by atoms with Gasteiger partial charge in [0.25, 0.3) is 0 Å². The van der Waals surface area contributed by atoms with Gasteiger partial charge in [0, 0.05) is 9.39 Å². The van der Waals surface area contributed by atoms with Crippen LogP contribution in [0.5, 0.6) is 0 Å². The maximum absolute atomic E-state index is 11.9. The van der Waals surface area contributed by atoms with Gasteiger partial charge >= 0.3 is 12.6 Å². The van der Waals surface area contributed by atoms with Crippen LogP contribution in [-0.2, 0) is 4.84 Å². The van der Waals surface area contributed by atoms with E-state index in [-0.39, 0.29) is 0 Å². The number of hydrogen-bond donors (Lipinski definition) is 0. The van der Waals surface area contributed by atoms with Gasteiger partial charge in [-0.25, -0.2) is 0 Å². The number of nitrogens with zero attached hydrogens (tertiary/aromatic N) is 1. The minimum absolute atomic E-state index is 0.772. The first kappa shape index (κ1) is 15.0. The third-order valence-electron chi connectivity index (χ3n) is 0.997. The molecule has 0 aromatic heterocycles. The Morgan fingerprint density at radius 1 is 1.00 bits per heavy atom. The zero-order valence-electron chi connectivity index (χ0n) is 7.71. The van der Waals surface area contributed by atoms with Crippen molar-refractivity contribution < 1.29 is 31.2 Å². The fourth-order valence-electron chi connectivity index (χ4n) is 0.508. The van der Waals surface area contributed by atoms with Crippen molar-refractivity contribution in [1.29, 1.82) is 0 Å². The van der Waals surface area contributed by atoms with Crippen LogP contribution in [0.15, 0.2) is 0 Å². The standard InChI is InChI=1S/C6H8BrF6NO/c1-4(2,7)3-15-14(5(8,9)10)6(11,12)13/h3H2,1-2H3. The van der Waals surface area contributed by atoms with Crippen molar-refractivity contribution in [3.05, 3.63) is 0 Å². The minimum Gasteiger partial charge on any atom is -0.283 e. The summed E-state index contributed by atoms with van der Waals surface area (Å²) >= 11 is 2.85. The molecule has 0 atom stereocenters. The van der Waals surface area contributed by atoms with Crippen LogP contribution in [-0.4, -0.2) is 28.6 Å². The molecule has 0 aliphatic rings. The highest BCUT2D eigenvalue weighted by Crippen LogP contribution is 2.34. The van der Waals surface area contributed by atoms with Crippen LogP contribution in [0.1, 0.15) is 13.8 Å². The molecule has 15 heavy (non-hydrogen) atoms. The summed E-state index contributed by atoms with van der Waals surface area (Å²) in [5, 5.41) is -1.93. The van der Waals surface area contributed by atoms with Gasteiger partial charge in [-0.3, -0.25) is 4.84 Å². The molecule has 0 heterocycles. The SMILES string of the molecule is CC(C)(Br)CON(C(F)(F)F)C(F)(F)F. The summed E-state index contributed by atoms with van der Waals surface area (Å²) in [5.74, 6) is 0. The van der Waals surface area contributed by atoms with Crippen LogP contribution in [0.4, 0.5) is 26.3 Å². The lowest BCUT2D eigenvalue weighted by atomic mass is 10.2. The number of hydrogen-bond acceptors (Lipinski definition) is 2. The molecule has 0 spiro atoms. The van der Waals surface area contributed by atoms with Gasteiger partial charge < -0.3 is 0 Å². The van der Waals surface area contributed by atoms with Crippen LogP contribution in [0, 0.1) is 0 Å². The van der Waals surface area contributed by atoms with E-state index in [1.165, 1.54) is 13.8 Å². The normalized spacial score (nSPS) is 14.8. The van der Waals surface area contributed by atoms with Crippen LogP contribution < -0.4 is 0 Å². The molecule has 0 fully saturated rings. The van der Waals surface area contributed by atoms with Gasteiger partial charge in [-0.15, -0.1) is 0 Å². The van der Waals surface area contributed by atoms with Crippen molar-refractivity contribution in [2.45, 2.75) is 30.8 Å². The van der Waals surface area contributed by atoms with E-state index in [2.05, 4.69) is 20.8 Å². The summed E-state index contributed by atoms with van der Waals surface area (Å²) in [5.41, 5.74) is 0. The molecule has 0 aliphatic heterocycles. The predicted octanol–water partition coefficient (Wildman–Crippen LogP) is 3.43. The van der Waals surface area contributed by atoms with E-state index in [1.54, 1.807) is 0 Å². The summed E-state index contributed by atoms with van der Waals surface area (Å²) in [6, 6.07) is 0. The van der Waals surface area contributed by atoms with E-state index in [4.69, 9.17) is 0 Å². The quantitative estimate of drug-likeness (QED) is 0.343. The molecule has 0 N–H and O–H groups in total. The Hall–Kier alpha value is -0.0200. The van der Waals surface area contributed by atoms with Crippen molar-refractivity contribution in [1.82, 2.24) is 5.06 Å². The summed E-state index contributed by atoms with van der Waals surface area (Å²) in [6.07, 6.45) is -11.2. The average Bonchev–Trinajstić information content (AvgIpc) is 1.75. The zero-order chi connectivity index (χ0) is 12.5. The molecule has 0 saturated carbocycles. The van der Waals surface area contributed by atoms with Gasteiger partial charge in [0.2, 0.25) is 0 Å². The molecular weight excluding hydrogens is 296 g/mol. The molecule has 0 saturated heterocycles. The Bertz CT molecular complexity index is 193. The lowest BCUT2D eigenvalue weighted by Crippen LogP contribution is -2.49. The molecule has 9 heteroatoms. The highest BCUT2D eigenvalue weighted by Gasteiger charge is 2.56. The number of hydroxylamine groups is 2. The fraction of sp³-hybridized carbons (Fsp3) is 1.00. The summed E-state index contributed by atoms with van der Waals surface area (Å²) in [4.78, 5) is 3.67. The number of alkyl halides is 7. The molecule has 92 valence electrons. The summed E-state index contributed by atoms with van der Waals surface area (Å²) in [6.45, 7) is 1.97. The number of rotatable bonds is 3. The molecule has 0 amide bonds. The lowest BCUT2D eigenvalue weighted by molar-refractivity contribution is -0.483. The highest BCUT2D eigenvalue weighted by atomic mass is 79.9. The topological polar surface area (TPSA) is 12.5 Å². The lowest BCUT2D eigenvalue weighted by Gasteiger charge is -2.28. The van der Waals surface area contributed by atoms with Crippen molar-refractivity contribution in [3.63, 3.8) is 0 Å². The summed E-state index contributed by atoms with van der Waals surface area (Å²) < 4.78 is 70.2. The molecule has 0 unspecified atom stereocenters. The molecule has 0 aliphatic carbocycles. The third kappa shape index (κ3) is 6.21. The van der Waals surface area contributed by atoms with E-state index in [1.807, 2.05) is 0 Å². The second-order valence-electron chi connectivity index (χ2n) is 3.22. The minimum atomic E-state index is -5.61. The maximum Gasteiger partial charge on any atom is 0.490 e. The van der Waals surface area contributed by atoms with Crippen molar-refractivity contribution >= 4 is 15.9 Å². The van der Waals surface area contributed by atoms with Gasteiger partial charge in [-0.05, 0) is 13.8 Å². The Kier molecular flexibility index (Phi) is 4.45. The van der Waals surface area contributed by atoms with Crippen LogP contribution in [0.3, 0.4) is 0 Å². The molecule has 0 bridgehead atoms. The van der Waals surface area contributed by atoms with E-state index >= 15 is 0 Å². The van der Waals surface area contributed by atoms with Gasteiger partial charge in [0.15, 0.2) is 0 Å². The van der Waals surface area contributed by atoms with Crippen molar-refractivity contribution in [2.24, 2.45) is 0 Å². The highest BCUT2D eigenvalue weighted by molar-refractivity contribution is 9.10. The zero-order valence-corrected chi connectivity index (χ0v) is 9.29. The maximum atomic E-state index is 11.9. The van der Waals surface area contributed by atoms with Gasteiger partial charge in [0.1, 0.15) is 0 Å². The first-order valence-electron chi connectivity index (χ1n) is 3.59. The van der Waals surface area contributed by atoms with Gasteiger partial charge in [-0.2, -0.15) is 26.3 Å². The van der Waals surface area contributed by atoms with E-state index in [0.29, 0.717) is 0 Å². The van der Waals surface area contributed by atoms with Crippen molar-refractivity contribution in [3.8, 4) is 0 Å². The van der Waals surface area contributed by atoms with Crippen LogP contribution >= 0.6 is 15.9 Å². The van der Waals surface area contributed by atoms with Gasteiger partial charge in [0.05, 0.1) is 6.61 Å². The van der Waals surface area contributed by atoms with Crippen molar-refractivity contribution in [2.75, 3.05) is 6.61 Å². The Labute approximate surface area is 90.3 Å². The number of halogens is 7. The largest absolute Gasteiger partial charge is 0.490 e. The Morgan fingerprint density at radius 3 is 1.53 bits per heavy atom. The third-order valence-corrected chi connectivity index (χ3v) is 1.23. The molecule has 0 rings (SSSR count). The molecule has 0 aromatic carbocycles. The first-order valence-corrected chi connectivity index (χ1v) is 4.39. The Balaban J connectivity index is 4.56. The molecule has 2 nitrogen and oxygen atoms in total. The molecule has 0 aromatic rings. The fourth-order valence-corrected chi connectivity index (χ4v) is 0.611.